The lowest BCUT2D eigenvalue weighted by Gasteiger charge is -2.30. The Hall–Kier alpha value is -2.18. The van der Waals surface area contributed by atoms with Gasteiger partial charge in [0.2, 0.25) is 5.82 Å². The zero-order valence-corrected chi connectivity index (χ0v) is 12.0. The van der Waals surface area contributed by atoms with Crippen LogP contribution >= 0.6 is 0 Å². The molecule has 0 bridgehead atoms. The molecule has 20 heavy (non-hydrogen) atoms. The number of carboxylic acids is 1. The van der Waals surface area contributed by atoms with Crippen LogP contribution in [0.4, 0.5) is 11.5 Å². The lowest BCUT2D eigenvalue weighted by Crippen LogP contribution is -2.36. The van der Waals surface area contributed by atoms with E-state index in [1.54, 1.807) is 13.0 Å². The molecular formula is C13H19N3O4. The van der Waals surface area contributed by atoms with Gasteiger partial charge in [-0.3, -0.25) is 14.9 Å². The molecule has 0 spiro atoms. The van der Waals surface area contributed by atoms with Crippen LogP contribution in [0.2, 0.25) is 0 Å². The highest BCUT2D eigenvalue weighted by Crippen LogP contribution is 2.29. The van der Waals surface area contributed by atoms with E-state index in [4.69, 9.17) is 5.11 Å². The van der Waals surface area contributed by atoms with Gasteiger partial charge in [-0.15, -0.1) is 0 Å². The first-order chi connectivity index (χ1) is 9.11. The Bertz CT molecular complexity index is 523. The monoisotopic (exact) mass is 281 g/mol. The van der Waals surface area contributed by atoms with Crippen molar-refractivity contribution in [2.24, 2.45) is 5.41 Å². The van der Waals surface area contributed by atoms with Gasteiger partial charge in [0.25, 0.3) is 0 Å². The third-order valence-corrected chi connectivity index (χ3v) is 2.94. The van der Waals surface area contributed by atoms with E-state index in [-0.39, 0.29) is 23.3 Å². The van der Waals surface area contributed by atoms with Crippen molar-refractivity contribution >= 4 is 17.5 Å². The number of aliphatic carboxylic acids is 1. The van der Waals surface area contributed by atoms with Gasteiger partial charge in [-0.25, -0.2) is 4.98 Å². The number of aromatic nitrogens is 1. The number of nitrogens with one attached hydrogen (secondary N) is 1. The van der Waals surface area contributed by atoms with Gasteiger partial charge in [0.1, 0.15) is 0 Å². The number of aryl methyl sites for hydroxylation is 1. The molecule has 1 heterocycles. The van der Waals surface area contributed by atoms with Gasteiger partial charge >= 0.3 is 11.7 Å². The second-order valence-corrected chi connectivity index (χ2v) is 5.74. The lowest BCUT2D eigenvalue weighted by atomic mass is 9.84. The number of nitro groups is 1. The lowest BCUT2D eigenvalue weighted by molar-refractivity contribution is -0.384. The first-order valence-electron chi connectivity index (χ1n) is 6.21. The fraction of sp³-hybridized carbons (Fsp3) is 0.538. The molecule has 1 aromatic rings. The number of hydrogen-bond acceptors (Lipinski definition) is 5. The van der Waals surface area contributed by atoms with Crippen LogP contribution in [0, 0.1) is 22.5 Å². The average Bonchev–Trinajstić information content (AvgIpc) is 2.25. The second kappa shape index (κ2) is 5.85. The minimum absolute atomic E-state index is 0.108. The van der Waals surface area contributed by atoms with Crippen LogP contribution in [0.1, 0.15) is 32.9 Å². The summed E-state index contributed by atoms with van der Waals surface area (Å²) in [4.78, 5) is 25.5. The van der Waals surface area contributed by atoms with Crippen molar-refractivity contribution < 1.29 is 14.8 Å². The van der Waals surface area contributed by atoms with Gasteiger partial charge in [-0.05, 0) is 18.4 Å². The van der Waals surface area contributed by atoms with Crippen molar-refractivity contribution in [1.29, 1.82) is 0 Å². The highest BCUT2D eigenvalue weighted by atomic mass is 16.6. The summed E-state index contributed by atoms with van der Waals surface area (Å²) in [6, 6.07) is 2.45. The van der Waals surface area contributed by atoms with E-state index >= 15 is 0 Å². The van der Waals surface area contributed by atoms with Crippen LogP contribution in [0.25, 0.3) is 0 Å². The first-order valence-corrected chi connectivity index (χ1v) is 6.21. The van der Waals surface area contributed by atoms with Crippen molar-refractivity contribution in [2.75, 3.05) is 5.32 Å². The summed E-state index contributed by atoms with van der Waals surface area (Å²) in [6.07, 6.45) is -0.143. The summed E-state index contributed by atoms with van der Waals surface area (Å²) in [5, 5.41) is 22.9. The summed E-state index contributed by atoms with van der Waals surface area (Å²) in [5.74, 6) is -0.857. The van der Waals surface area contributed by atoms with Crippen LogP contribution in [0.5, 0.6) is 0 Å². The zero-order valence-electron chi connectivity index (χ0n) is 12.0. The van der Waals surface area contributed by atoms with E-state index in [0.29, 0.717) is 5.69 Å². The van der Waals surface area contributed by atoms with E-state index in [2.05, 4.69) is 10.3 Å². The molecule has 0 aromatic carbocycles. The van der Waals surface area contributed by atoms with Crippen molar-refractivity contribution in [2.45, 2.75) is 40.2 Å². The molecule has 1 rings (SSSR count). The molecule has 0 amide bonds. The van der Waals surface area contributed by atoms with Crippen molar-refractivity contribution in [1.82, 2.24) is 4.98 Å². The third kappa shape index (κ3) is 4.18. The van der Waals surface area contributed by atoms with E-state index in [0.717, 1.165) is 0 Å². The number of carbonyl (C=O) groups is 1. The van der Waals surface area contributed by atoms with E-state index in [1.807, 2.05) is 20.8 Å². The molecule has 0 aliphatic carbocycles. The quantitative estimate of drug-likeness (QED) is 0.634. The highest BCUT2D eigenvalue weighted by molar-refractivity contribution is 5.69. The molecular weight excluding hydrogens is 262 g/mol. The maximum atomic E-state index is 11.0. The molecule has 0 radical (unpaired) electrons. The number of carboxylic acid groups (broad SMARTS) is 1. The molecule has 1 atom stereocenters. The van der Waals surface area contributed by atoms with Gasteiger partial charge in [-0.2, -0.15) is 0 Å². The summed E-state index contributed by atoms with van der Waals surface area (Å²) in [6.45, 7) is 7.33. The molecule has 0 aliphatic rings. The number of rotatable bonds is 5. The number of anilines is 1. The van der Waals surface area contributed by atoms with Crippen LogP contribution in [0.3, 0.4) is 0 Å². The van der Waals surface area contributed by atoms with Gasteiger partial charge in [-0.1, -0.05) is 20.8 Å². The zero-order chi connectivity index (χ0) is 15.5. The normalized spacial score (nSPS) is 12.8. The number of pyridine rings is 1. The number of nitrogens with zero attached hydrogens (tertiary/aromatic N) is 2. The van der Waals surface area contributed by atoms with E-state index < -0.39 is 16.9 Å². The van der Waals surface area contributed by atoms with Crippen LogP contribution < -0.4 is 5.32 Å². The molecule has 1 unspecified atom stereocenters. The fourth-order valence-corrected chi connectivity index (χ4v) is 1.72. The van der Waals surface area contributed by atoms with Gasteiger partial charge in [0.05, 0.1) is 11.3 Å². The molecule has 0 fully saturated rings. The van der Waals surface area contributed by atoms with Crippen molar-refractivity contribution in [3.8, 4) is 0 Å². The summed E-state index contributed by atoms with van der Waals surface area (Å²) in [7, 11) is 0. The van der Waals surface area contributed by atoms with E-state index in [9.17, 15) is 14.9 Å². The third-order valence-electron chi connectivity index (χ3n) is 2.94. The fourth-order valence-electron chi connectivity index (χ4n) is 1.72. The van der Waals surface area contributed by atoms with Gasteiger partial charge < -0.3 is 10.4 Å². The second-order valence-electron chi connectivity index (χ2n) is 5.74. The maximum absolute atomic E-state index is 11.0. The van der Waals surface area contributed by atoms with E-state index in [1.165, 1.54) is 6.07 Å². The molecule has 2 N–H and O–H groups in total. The standard InChI is InChI=1S/C13H19N3O4/c1-8-5-6-9(16(19)20)12(14-8)15-10(7-11(17)18)13(2,3)4/h5-6,10H,7H2,1-4H3,(H,14,15)(H,17,18). The molecule has 1 aromatic heterocycles. The SMILES string of the molecule is Cc1ccc([N+](=O)[O-])c(NC(CC(=O)O)C(C)(C)C)n1. The molecule has 0 saturated heterocycles. The topological polar surface area (TPSA) is 105 Å². The molecule has 0 aliphatic heterocycles. The Morgan fingerprint density at radius 1 is 1.50 bits per heavy atom. The average molecular weight is 281 g/mol. The minimum atomic E-state index is -0.965. The number of hydrogen-bond donors (Lipinski definition) is 2. The predicted octanol–water partition coefficient (Wildman–Crippen LogP) is 2.60. The molecule has 7 heteroatoms. The summed E-state index contributed by atoms with van der Waals surface area (Å²) in [5.41, 5.74) is 0.0915. The Kier molecular flexibility index (Phi) is 4.65. The maximum Gasteiger partial charge on any atom is 0.311 e. The highest BCUT2D eigenvalue weighted by Gasteiger charge is 2.29. The molecule has 110 valence electrons. The minimum Gasteiger partial charge on any atom is -0.481 e. The van der Waals surface area contributed by atoms with Crippen LogP contribution in [-0.2, 0) is 4.79 Å². The Labute approximate surface area is 117 Å². The Balaban J connectivity index is 3.13. The molecule has 7 nitrogen and oxygen atoms in total. The first kappa shape index (κ1) is 15.9. The summed E-state index contributed by atoms with van der Waals surface area (Å²) < 4.78 is 0. The largest absolute Gasteiger partial charge is 0.481 e. The van der Waals surface area contributed by atoms with Crippen LogP contribution in [0.15, 0.2) is 12.1 Å². The Morgan fingerprint density at radius 2 is 2.10 bits per heavy atom. The van der Waals surface area contributed by atoms with Gasteiger partial charge in [0, 0.05) is 17.8 Å². The van der Waals surface area contributed by atoms with Crippen molar-refractivity contribution in [3.05, 3.63) is 27.9 Å². The summed E-state index contributed by atoms with van der Waals surface area (Å²) >= 11 is 0. The Morgan fingerprint density at radius 3 is 2.55 bits per heavy atom. The van der Waals surface area contributed by atoms with Crippen LogP contribution in [-0.4, -0.2) is 27.0 Å². The molecule has 0 saturated carbocycles. The van der Waals surface area contributed by atoms with Gasteiger partial charge in [0.15, 0.2) is 0 Å². The smallest absolute Gasteiger partial charge is 0.311 e. The predicted molar refractivity (Wildman–Crippen MR) is 74.7 cm³/mol. The van der Waals surface area contributed by atoms with Crippen molar-refractivity contribution in [3.63, 3.8) is 0 Å².